The van der Waals surface area contributed by atoms with Gasteiger partial charge in [0.25, 0.3) is 0 Å². The zero-order valence-electron chi connectivity index (χ0n) is 89.9. The lowest BCUT2D eigenvalue weighted by Gasteiger charge is -2.33. The van der Waals surface area contributed by atoms with Gasteiger partial charge < -0.3 is 42.6 Å². The van der Waals surface area contributed by atoms with Crippen LogP contribution in [0.25, 0.3) is 33.4 Å². The summed E-state index contributed by atoms with van der Waals surface area (Å²) in [6.07, 6.45) is 45.9. The first-order chi connectivity index (χ1) is 68.1. The van der Waals surface area contributed by atoms with Crippen molar-refractivity contribution in [3.8, 4) is 50.6 Å². The molecule has 9 aromatic rings. The number of allylic oxidation sites excluding steroid dienone is 6. The van der Waals surface area contributed by atoms with Gasteiger partial charge in [-0.2, -0.15) is 0 Å². The highest BCUT2D eigenvalue weighted by Gasteiger charge is 2.56. The predicted molar refractivity (Wildman–Crippen MR) is 585 cm³/mol. The van der Waals surface area contributed by atoms with E-state index in [-0.39, 0.29) is 18.3 Å². The van der Waals surface area contributed by atoms with E-state index < -0.39 is 0 Å². The van der Waals surface area contributed by atoms with Crippen molar-refractivity contribution in [3.63, 3.8) is 0 Å². The molecule has 0 aromatic heterocycles. The molecular weight excluding hydrogens is 1730 g/mol. The molecule has 21 unspecified atom stereocenters. The lowest BCUT2D eigenvalue weighted by Crippen LogP contribution is -2.34. The molecule has 0 amide bonds. The molecule has 0 spiro atoms. The van der Waals surface area contributed by atoms with E-state index in [1.54, 1.807) is 0 Å². The van der Waals surface area contributed by atoms with Crippen molar-refractivity contribution >= 4 is 0 Å². The minimum absolute atomic E-state index is 0.227. The summed E-state index contributed by atoms with van der Waals surface area (Å²) in [4.78, 5) is 0. The van der Waals surface area contributed by atoms with Crippen molar-refractivity contribution in [2.24, 2.45) is 88.8 Å². The van der Waals surface area contributed by atoms with Crippen LogP contribution in [0.2, 0.25) is 0 Å². The average Bonchev–Trinajstić information content (AvgIpc) is 1.60. The van der Waals surface area contributed by atoms with Gasteiger partial charge in [0.1, 0.15) is 17.2 Å². The van der Waals surface area contributed by atoms with E-state index in [0.29, 0.717) is 91.0 Å². The number of rotatable bonds is 24. The summed E-state index contributed by atoms with van der Waals surface area (Å²) in [6.45, 7) is 45.6. The summed E-state index contributed by atoms with van der Waals surface area (Å²) < 4.78 is 54.3. The molecule has 9 heteroatoms. The van der Waals surface area contributed by atoms with E-state index in [1.165, 1.54) is 158 Å². The highest BCUT2D eigenvalue weighted by atomic mass is 16.5. The predicted octanol–water partition coefficient (Wildman–Crippen LogP) is 32.0. The zero-order chi connectivity index (χ0) is 99.2. The smallest absolute Gasteiger partial charge is 0.123 e. The largest absolute Gasteiger partial charge is 0.491 e. The van der Waals surface area contributed by atoms with Crippen molar-refractivity contribution in [1.29, 1.82) is 0 Å². The van der Waals surface area contributed by atoms with Gasteiger partial charge in [0, 0.05) is 36.0 Å². The Morgan fingerprint density at radius 3 is 0.872 bits per heavy atom. The monoisotopic (exact) mass is 1900 g/mol. The fraction of sp³-hybridized carbons (Fsp3) is 0.545. The number of hydrogen-bond donors (Lipinski definition) is 0. The highest BCUT2D eigenvalue weighted by Crippen LogP contribution is 2.61. The second-order valence-corrected chi connectivity index (χ2v) is 46.1. The Hall–Kier alpha value is -8.64. The minimum Gasteiger partial charge on any atom is -0.491 e. The maximum atomic E-state index is 6.28. The Morgan fingerprint density at radius 2 is 0.532 bits per heavy atom. The Balaban J connectivity index is 0.000000114. The first-order valence-electron chi connectivity index (χ1n) is 55.9. The molecule has 756 valence electrons. The van der Waals surface area contributed by atoms with Gasteiger partial charge in [0.2, 0.25) is 0 Å². The maximum absolute atomic E-state index is 6.28. The zero-order valence-corrected chi connectivity index (χ0v) is 89.9. The molecule has 0 heterocycles. The fourth-order valence-corrected chi connectivity index (χ4v) is 25.8. The molecule has 21 atom stereocenters. The van der Waals surface area contributed by atoms with Crippen LogP contribution in [0.1, 0.15) is 289 Å². The Morgan fingerprint density at radius 1 is 0.241 bits per heavy atom. The summed E-state index contributed by atoms with van der Waals surface area (Å²) in [6, 6.07) is 71.0. The normalized spacial score (nSPS) is 25.8. The third kappa shape index (κ3) is 25.9. The lowest BCUT2D eigenvalue weighted by molar-refractivity contribution is -0.0631. The second kappa shape index (κ2) is 49.0. The van der Waals surface area contributed by atoms with Crippen LogP contribution >= 0.6 is 0 Å². The number of benzene rings is 9. The molecule has 15 aliphatic rings. The van der Waals surface area contributed by atoms with Crippen molar-refractivity contribution in [2.45, 2.75) is 372 Å². The minimum atomic E-state index is 0.227. The van der Waals surface area contributed by atoms with Crippen LogP contribution in [0.5, 0.6) is 17.2 Å². The Bertz CT molecular complexity index is 5510. The van der Waals surface area contributed by atoms with Gasteiger partial charge in [-0.3, -0.25) is 0 Å². The third-order valence-electron chi connectivity index (χ3n) is 34.4. The van der Waals surface area contributed by atoms with Crippen LogP contribution in [0.15, 0.2) is 237 Å². The molecule has 0 N–H and O–H groups in total. The van der Waals surface area contributed by atoms with E-state index in [0.717, 1.165) is 165 Å². The summed E-state index contributed by atoms with van der Waals surface area (Å²) >= 11 is 0. The summed E-state index contributed by atoms with van der Waals surface area (Å²) in [5, 5.41) is 0. The van der Waals surface area contributed by atoms with Crippen LogP contribution in [0.4, 0.5) is 0 Å². The van der Waals surface area contributed by atoms with E-state index in [2.05, 4.69) is 382 Å². The van der Waals surface area contributed by atoms with Gasteiger partial charge in [-0.05, 0) is 389 Å². The first-order valence-corrected chi connectivity index (χ1v) is 55.9. The first kappa shape index (κ1) is 105. The van der Waals surface area contributed by atoms with Crippen LogP contribution in [-0.4, -0.2) is 91.6 Å². The molecule has 9 nitrogen and oxygen atoms in total. The molecule has 15 aliphatic carbocycles. The van der Waals surface area contributed by atoms with Gasteiger partial charge in [-0.1, -0.05) is 281 Å². The number of fused-ring (bicyclic) bond motifs is 27. The maximum Gasteiger partial charge on any atom is 0.123 e. The molecule has 24 rings (SSSR count). The van der Waals surface area contributed by atoms with Crippen molar-refractivity contribution in [2.75, 3.05) is 0 Å². The quantitative estimate of drug-likeness (QED) is 0.0549. The summed E-state index contributed by atoms with van der Waals surface area (Å²) in [5.74, 6) is 16.0. The topological polar surface area (TPSA) is 83.1 Å². The fourth-order valence-electron chi connectivity index (χ4n) is 25.8. The van der Waals surface area contributed by atoms with Gasteiger partial charge in [-0.25, -0.2) is 0 Å². The lowest BCUT2D eigenvalue weighted by atomic mass is 9.80. The molecule has 9 aromatic carbocycles. The van der Waals surface area contributed by atoms with Gasteiger partial charge in [0.15, 0.2) is 0 Å². The van der Waals surface area contributed by atoms with Crippen molar-refractivity contribution < 1.29 is 42.6 Å². The Kier molecular flexibility index (Phi) is 36.6. The summed E-state index contributed by atoms with van der Waals surface area (Å²) in [7, 11) is 0. The Labute approximate surface area is 851 Å². The van der Waals surface area contributed by atoms with E-state index in [1.807, 2.05) is 0 Å². The van der Waals surface area contributed by atoms with Crippen molar-refractivity contribution in [3.05, 3.63) is 303 Å². The van der Waals surface area contributed by atoms with Gasteiger partial charge >= 0.3 is 0 Å². The standard InChI is InChI=1S/C18H20O.C17H18O.C16H16O.C15H24O.C14H22O.C14H20O.C13H20O.C13H18O.C12H16O/c1-12(2)13(3)19-18-10-6-9-16-15-8-5-4-7-14(15)11-17(16)18;1-3-12(2)18-17-10-6-9-15-14-8-5-4-7-13(14)11-16(15)17;1-11(2)17-16-9-5-8-14-13-7-4-3-6-12(13)10-15(14)16;1-9(2)10(3)16-15-8-11-7-14(15)13-6-4-5-12(11)13;1-3-9(2)15-14-8-10-7-13(14)12-6-4-5-11(10)12;1-10(2)11(3)15-14-8-12-6-4-5-7-13(12)9-14;1-8(2)14-13-7-9-6-12(13)11-5-3-4-10(9)11;1-3-10(2)14-13-8-11-6-4-5-7-12(11)9-13;1-9(2)13-12-7-10-5-3-4-6-11(10)8-12/h4-10,12-13H,11H2,1-3H3;4-10,12H,3,11H2,1-2H3;3-9,11H,10H2,1-2H3;4,6,9-15H,5,7-8H2,1-3H3;4,6,9-14H,3,5,7-8H2,1-2H3;4-7,10-11,14H,8-9H2,1-3H3;3,5,8-13H,4,6-7H2,1-2H3;4-7,10,13H,3,8-9H2,1-2H3;3-6,9,12H,7-8H2,1-2H3. The SMILES string of the molecule is CC(C)C(C)OC1CC2CC1C1C=CCC21.CC(C)C(C)OC1Cc2ccccc2C1.CC(C)C(C)Oc1cccc2c1Cc1ccccc1-2.CC(C)OC1CC2CC1C1C=CCC21.CC(C)OC1Cc2ccccc2C1.CC(C)Oc1cccc2c1Cc1ccccc1-2.CCC(C)OC1CC2CC1C1C=CCC21.CCC(C)OC1Cc2ccccc2C1.CCC(C)Oc1cccc2c1Cc1ccccc1-2. The highest BCUT2D eigenvalue weighted by molar-refractivity contribution is 5.81. The molecule has 141 heavy (non-hydrogen) atoms. The van der Waals surface area contributed by atoms with Gasteiger partial charge in [0.05, 0.1) is 91.6 Å². The van der Waals surface area contributed by atoms with E-state index in [4.69, 9.17) is 42.6 Å². The van der Waals surface area contributed by atoms with Crippen LogP contribution in [-0.2, 0) is 86.2 Å². The van der Waals surface area contributed by atoms with Crippen LogP contribution in [0.3, 0.4) is 0 Å². The van der Waals surface area contributed by atoms with Crippen molar-refractivity contribution in [1.82, 2.24) is 0 Å². The number of hydrogen-bond acceptors (Lipinski definition) is 9. The molecule has 0 aliphatic heterocycles. The van der Waals surface area contributed by atoms with E-state index in [9.17, 15) is 0 Å². The molecule has 6 fully saturated rings. The van der Waals surface area contributed by atoms with Gasteiger partial charge in [-0.15, -0.1) is 0 Å². The molecule has 6 saturated carbocycles. The van der Waals surface area contributed by atoms with Crippen LogP contribution < -0.4 is 14.2 Å². The second-order valence-electron chi connectivity index (χ2n) is 46.1. The number of ether oxygens (including phenoxy) is 9. The molecule has 0 radical (unpaired) electrons. The van der Waals surface area contributed by atoms with Crippen LogP contribution in [0, 0.1) is 88.8 Å². The summed E-state index contributed by atoms with van der Waals surface area (Å²) in [5.41, 5.74) is 25.2. The molecular formula is C132H174O9. The third-order valence-corrected chi connectivity index (χ3v) is 34.4. The van der Waals surface area contributed by atoms with E-state index >= 15 is 0 Å². The molecule has 0 saturated heterocycles. The molecule has 6 bridgehead atoms. The average molecular weight is 1900 g/mol.